The molecule has 3 aromatic rings. The molecule has 0 aromatic heterocycles. The maximum atomic E-state index is 13.1. The Morgan fingerprint density at radius 2 is 1.45 bits per heavy atom. The van der Waals surface area contributed by atoms with Crippen LogP contribution in [0.4, 0.5) is 0 Å². The highest BCUT2D eigenvalue weighted by molar-refractivity contribution is 7.89. The van der Waals surface area contributed by atoms with Gasteiger partial charge >= 0.3 is 0 Å². The van der Waals surface area contributed by atoms with Gasteiger partial charge in [0.2, 0.25) is 5.78 Å². The third-order valence-electron chi connectivity index (χ3n) is 4.94. The molecule has 0 aliphatic carbocycles. The van der Waals surface area contributed by atoms with E-state index in [1.165, 1.54) is 12.1 Å². The number of carbonyl (C=O) groups excluding carboxylic acids is 1. The fourth-order valence-electron chi connectivity index (χ4n) is 3.50. The normalized spacial score (nSPS) is 17.0. The number of rotatable bonds is 3. The average Bonchev–Trinajstić information content (AvgIpc) is 2.76. The van der Waals surface area contributed by atoms with Gasteiger partial charge in [-0.1, -0.05) is 66.7 Å². The summed E-state index contributed by atoms with van der Waals surface area (Å²) in [6, 6.07) is 22.8. The summed E-state index contributed by atoms with van der Waals surface area (Å²) in [6.45, 7) is 1.66. The second-order valence-corrected chi connectivity index (χ2v) is 8.47. The van der Waals surface area contributed by atoms with Crippen LogP contribution in [0.5, 0.6) is 0 Å². The van der Waals surface area contributed by atoms with Crippen molar-refractivity contribution < 1.29 is 18.3 Å². The molecule has 0 saturated carbocycles. The highest BCUT2D eigenvalue weighted by Gasteiger charge is 2.40. The number of Topliss-reactive ketones (excluding diaryl/α,β-unsaturated/α-hetero) is 1. The number of aliphatic hydroxyl groups is 1. The summed E-state index contributed by atoms with van der Waals surface area (Å²) in [5.41, 5.74) is 2.19. The number of hydrogen-bond donors (Lipinski definition) is 1. The van der Waals surface area contributed by atoms with Gasteiger partial charge in [-0.05, 0) is 30.2 Å². The van der Waals surface area contributed by atoms with Crippen LogP contribution >= 0.6 is 0 Å². The first-order valence-electron chi connectivity index (χ1n) is 9.20. The maximum absolute atomic E-state index is 13.1. The molecule has 5 nitrogen and oxygen atoms in total. The number of ketones is 1. The first-order valence-corrected chi connectivity index (χ1v) is 10.6. The van der Waals surface area contributed by atoms with Gasteiger partial charge in [0, 0.05) is 17.7 Å². The summed E-state index contributed by atoms with van der Waals surface area (Å²) >= 11 is 0. The quantitative estimate of drug-likeness (QED) is 0.515. The van der Waals surface area contributed by atoms with Crippen molar-refractivity contribution in [3.63, 3.8) is 0 Å². The van der Waals surface area contributed by atoms with E-state index in [1.807, 2.05) is 42.5 Å². The van der Waals surface area contributed by atoms with Crippen molar-refractivity contribution in [3.8, 4) is 11.1 Å². The lowest BCUT2D eigenvalue weighted by molar-refractivity contribution is 0.0999. The molecule has 0 saturated heterocycles. The van der Waals surface area contributed by atoms with E-state index in [1.54, 1.807) is 31.2 Å². The third-order valence-corrected chi connectivity index (χ3v) is 6.87. The van der Waals surface area contributed by atoms with Crippen LogP contribution in [0.25, 0.3) is 16.9 Å². The summed E-state index contributed by atoms with van der Waals surface area (Å²) < 4.78 is 27.0. The zero-order chi connectivity index (χ0) is 20.6. The van der Waals surface area contributed by atoms with Crippen LogP contribution in [0.3, 0.4) is 0 Å². The molecule has 1 N–H and O–H groups in total. The second-order valence-electron chi connectivity index (χ2n) is 6.64. The van der Waals surface area contributed by atoms with Crippen LogP contribution in [0, 0.1) is 0 Å². The van der Waals surface area contributed by atoms with Gasteiger partial charge in [0.1, 0.15) is 5.70 Å². The first-order chi connectivity index (χ1) is 13.9. The molecular formula is C23H19NO4S. The molecule has 0 spiro atoms. The summed E-state index contributed by atoms with van der Waals surface area (Å²) in [5.74, 6) is -0.864. The van der Waals surface area contributed by atoms with Crippen LogP contribution in [0.15, 0.2) is 89.5 Å². The molecule has 3 aromatic carbocycles. The topological polar surface area (TPSA) is 74.7 Å². The van der Waals surface area contributed by atoms with Gasteiger partial charge in [0.25, 0.3) is 10.0 Å². The van der Waals surface area contributed by atoms with Crippen molar-refractivity contribution in [2.24, 2.45) is 0 Å². The molecular weight excluding hydrogens is 386 g/mol. The minimum atomic E-state index is -3.92. The van der Waals surface area contributed by atoms with Gasteiger partial charge in [0.05, 0.1) is 4.90 Å². The van der Waals surface area contributed by atoms with Gasteiger partial charge < -0.3 is 5.11 Å². The van der Waals surface area contributed by atoms with Crippen molar-refractivity contribution in [1.29, 1.82) is 0 Å². The lowest BCUT2D eigenvalue weighted by Gasteiger charge is -2.30. The van der Waals surface area contributed by atoms with Crippen molar-refractivity contribution in [2.45, 2.75) is 11.8 Å². The fourth-order valence-corrected chi connectivity index (χ4v) is 5.18. The molecule has 0 radical (unpaired) electrons. The standard InChI is InChI=1S/C23H19NO4S/c1-2-24-21(23(26)19-10-6-7-11-20(19)29(24,27)28)22(25)18-14-12-17(13-15-18)16-8-4-3-5-9-16/h3-15,25H,2H2,1H3. The van der Waals surface area contributed by atoms with Crippen molar-refractivity contribution in [3.05, 3.63) is 95.7 Å². The molecule has 0 fully saturated rings. The highest BCUT2D eigenvalue weighted by Crippen LogP contribution is 2.35. The average molecular weight is 405 g/mol. The zero-order valence-corrected chi connectivity index (χ0v) is 16.6. The molecule has 0 amide bonds. The molecule has 0 atom stereocenters. The Morgan fingerprint density at radius 3 is 2.10 bits per heavy atom. The molecule has 146 valence electrons. The Morgan fingerprint density at radius 1 is 0.862 bits per heavy atom. The van der Waals surface area contributed by atoms with Gasteiger partial charge in [-0.15, -0.1) is 0 Å². The molecule has 0 unspecified atom stereocenters. The molecule has 0 bridgehead atoms. The van der Waals surface area contributed by atoms with Gasteiger partial charge in [-0.25, -0.2) is 8.42 Å². The molecule has 1 heterocycles. The number of carbonyl (C=O) groups is 1. The number of benzene rings is 3. The predicted molar refractivity (Wildman–Crippen MR) is 112 cm³/mol. The predicted octanol–water partition coefficient (Wildman–Crippen LogP) is 4.49. The summed E-state index contributed by atoms with van der Waals surface area (Å²) in [6.07, 6.45) is 0. The number of likely N-dealkylation sites (N-methyl/N-ethyl adjacent to an activating group) is 1. The SMILES string of the molecule is CCN1C(=C(O)c2ccc(-c3ccccc3)cc2)C(=O)c2ccccc2S1(=O)=O. The van der Waals surface area contributed by atoms with E-state index >= 15 is 0 Å². The number of sulfonamides is 1. The highest BCUT2D eigenvalue weighted by atomic mass is 32.2. The van der Waals surface area contributed by atoms with Crippen molar-refractivity contribution in [2.75, 3.05) is 6.54 Å². The number of hydrogen-bond acceptors (Lipinski definition) is 4. The van der Waals surface area contributed by atoms with Crippen molar-refractivity contribution in [1.82, 2.24) is 4.31 Å². The van der Waals surface area contributed by atoms with Gasteiger partial charge in [-0.2, -0.15) is 0 Å². The zero-order valence-electron chi connectivity index (χ0n) is 15.7. The van der Waals surface area contributed by atoms with E-state index in [9.17, 15) is 18.3 Å². The Bertz CT molecular complexity index is 1210. The summed E-state index contributed by atoms with van der Waals surface area (Å²) in [4.78, 5) is 13.0. The first kappa shape index (κ1) is 19.0. The lowest BCUT2D eigenvalue weighted by Crippen LogP contribution is -2.39. The largest absolute Gasteiger partial charge is 0.505 e. The van der Waals surface area contributed by atoms with E-state index in [0.717, 1.165) is 15.4 Å². The van der Waals surface area contributed by atoms with E-state index in [4.69, 9.17) is 0 Å². The van der Waals surface area contributed by atoms with Crippen LogP contribution in [0.1, 0.15) is 22.8 Å². The Labute approximate surface area is 169 Å². The molecule has 4 rings (SSSR count). The second kappa shape index (κ2) is 7.22. The Balaban J connectivity index is 1.84. The van der Waals surface area contributed by atoms with Crippen LogP contribution in [0.2, 0.25) is 0 Å². The number of fused-ring (bicyclic) bond motifs is 1. The number of allylic oxidation sites excluding steroid dienone is 1. The van der Waals surface area contributed by atoms with E-state index in [-0.39, 0.29) is 28.5 Å². The third kappa shape index (κ3) is 3.11. The lowest BCUT2D eigenvalue weighted by atomic mass is 10.0. The van der Waals surface area contributed by atoms with Gasteiger partial charge in [0.15, 0.2) is 5.76 Å². The van der Waals surface area contributed by atoms with E-state index < -0.39 is 15.8 Å². The molecule has 1 aliphatic heterocycles. The van der Waals surface area contributed by atoms with Crippen LogP contribution in [-0.2, 0) is 10.0 Å². The molecule has 6 heteroatoms. The maximum Gasteiger partial charge on any atom is 0.265 e. The Kier molecular flexibility index (Phi) is 4.72. The number of nitrogens with zero attached hydrogens (tertiary/aromatic N) is 1. The number of aliphatic hydroxyl groups excluding tert-OH is 1. The smallest absolute Gasteiger partial charge is 0.265 e. The summed E-state index contributed by atoms with van der Waals surface area (Å²) in [5, 5.41) is 10.9. The monoisotopic (exact) mass is 405 g/mol. The van der Waals surface area contributed by atoms with Crippen LogP contribution in [-0.4, -0.2) is 30.2 Å². The fraction of sp³-hybridized carbons (Fsp3) is 0.0870. The van der Waals surface area contributed by atoms with E-state index in [2.05, 4.69) is 0 Å². The summed E-state index contributed by atoms with van der Waals surface area (Å²) in [7, 11) is -3.92. The van der Waals surface area contributed by atoms with E-state index in [0.29, 0.717) is 5.56 Å². The minimum Gasteiger partial charge on any atom is -0.505 e. The minimum absolute atomic E-state index is 0.0316. The van der Waals surface area contributed by atoms with Crippen LogP contribution < -0.4 is 0 Å². The molecule has 1 aliphatic rings. The Hall–Kier alpha value is -3.38. The molecule has 29 heavy (non-hydrogen) atoms. The van der Waals surface area contributed by atoms with Gasteiger partial charge in [-0.3, -0.25) is 9.10 Å². The van der Waals surface area contributed by atoms with Crippen molar-refractivity contribution >= 4 is 21.6 Å².